The van der Waals surface area contributed by atoms with Crippen molar-refractivity contribution in [2.75, 3.05) is 5.75 Å². The molecule has 138 valence electrons. The largest absolute Gasteiger partial charge is 0.344 e. The van der Waals surface area contributed by atoms with Crippen molar-refractivity contribution in [1.82, 2.24) is 25.3 Å². The molecule has 1 aromatic heterocycles. The third-order valence-electron chi connectivity index (χ3n) is 4.34. The van der Waals surface area contributed by atoms with Gasteiger partial charge in [0.05, 0.1) is 16.8 Å². The SMILES string of the molecule is CC[C@@]1(C)NC(=O)N(NC(=O)CSc2nc3cc(Cl)ccc3n2C)C1=O. The van der Waals surface area contributed by atoms with Crippen LogP contribution in [-0.2, 0) is 16.6 Å². The van der Waals surface area contributed by atoms with Crippen LogP contribution in [0.2, 0.25) is 5.02 Å². The maximum atomic E-state index is 12.3. The molecule has 1 aromatic carbocycles. The van der Waals surface area contributed by atoms with Crippen molar-refractivity contribution in [1.29, 1.82) is 0 Å². The number of hydrogen-bond acceptors (Lipinski definition) is 5. The van der Waals surface area contributed by atoms with Crippen LogP contribution in [-0.4, -0.2) is 43.7 Å². The van der Waals surface area contributed by atoms with Gasteiger partial charge in [0.2, 0.25) is 5.91 Å². The third-order valence-corrected chi connectivity index (χ3v) is 5.60. The number of hydrogen-bond donors (Lipinski definition) is 2. The summed E-state index contributed by atoms with van der Waals surface area (Å²) in [5.41, 5.74) is 2.99. The van der Waals surface area contributed by atoms with E-state index in [1.54, 1.807) is 26.0 Å². The second-order valence-electron chi connectivity index (χ2n) is 6.17. The predicted octanol–water partition coefficient (Wildman–Crippen LogP) is 2.07. The fourth-order valence-corrected chi connectivity index (χ4v) is 3.54. The fourth-order valence-electron chi connectivity index (χ4n) is 2.59. The molecule has 2 aromatic rings. The number of urea groups is 1. The van der Waals surface area contributed by atoms with Crippen LogP contribution in [0.15, 0.2) is 23.4 Å². The summed E-state index contributed by atoms with van der Waals surface area (Å²) in [4.78, 5) is 40.8. The van der Waals surface area contributed by atoms with Crippen LogP contribution in [0.1, 0.15) is 20.3 Å². The Hall–Kier alpha value is -2.26. The van der Waals surface area contributed by atoms with Crippen LogP contribution in [0.3, 0.4) is 0 Å². The van der Waals surface area contributed by atoms with Gasteiger partial charge < -0.3 is 9.88 Å². The first kappa shape index (κ1) is 18.5. The summed E-state index contributed by atoms with van der Waals surface area (Å²) in [5.74, 6) is -0.935. The van der Waals surface area contributed by atoms with Crippen LogP contribution < -0.4 is 10.7 Å². The van der Waals surface area contributed by atoms with Gasteiger partial charge in [-0.1, -0.05) is 30.3 Å². The Bertz CT molecular complexity index is 915. The lowest BCUT2D eigenvalue weighted by Gasteiger charge is -2.19. The molecule has 3 rings (SSSR count). The number of amides is 4. The van der Waals surface area contributed by atoms with Crippen LogP contribution in [0.5, 0.6) is 0 Å². The minimum atomic E-state index is -0.992. The number of nitrogens with zero attached hydrogens (tertiary/aromatic N) is 3. The molecule has 1 aliphatic heterocycles. The summed E-state index contributed by atoms with van der Waals surface area (Å²) in [6.45, 7) is 3.41. The minimum absolute atomic E-state index is 0.00476. The van der Waals surface area contributed by atoms with Gasteiger partial charge in [0.25, 0.3) is 5.91 Å². The summed E-state index contributed by atoms with van der Waals surface area (Å²) in [5, 5.41) is 4.53. The molecule has 1 saturated heterocycles. The third kappa shape index (κ3) is 3.24. The van der Waals surface area contributed by atoms with E-state index in [1.165, 1.54) is 11.8 Å². The Morgan fingerprint density at radius 1 is 1.42 bits per heavy atom. The van der Waals surface area contributed by atoms with Gasteiger partial charge in [-0.2, -0.15) is 5.01 Å². The summed E-state index contributed by atoms with van der Waals surface area (Å²) < 4.78 is 1.85. The van der Waals surface area contributed by atoms with Gasteiger partial charge in [-0.25, -0.2) is 9.78 Å². The number of imide groups is 1. The van der Waals surface area contributed by atoms with E-state index < -0.39 is 23.4 Å². The maximum absolute atomic E-state index is 12.3. The van der Waals surface area contributed by atoms with Crippen molar-refractivity contribution in [3.05, 3.63) is 23.2 Å². The van der Waals surface area contributed by atoms with E-state index in [9.17, 15) is 14.4 Å². The Balaban J connectivity index is 1.66. The number of rotatable bonds is 5. The number of halogens is 1. The van der Waals surface area contributed by atoms with E-state index >= 15 is 0 Å². The molecular weight excluding hydrogens is 378 g/mol. The minimum Gasteiger partial charge on any atom is -0.322 e. The smallest absolute Gasteiger partial charge is 0.322 e. The molecule has 2 N–H and O–H groups in total. The lowest BCUT2D eigenvalue weighted by molar-refractivity contribution is -0.137. The normalized spacial score (nSPS) is 19.9. The second-order valence-corrected chi connectivity index (χ2v) is 7.55. The van der Waals surface area contributed by atoms with Crippen LogP contribution in [0.25, 0.3) is 11.0 Å². The topological polar surface area (TPSA) is 96.3 Å². The number of hydrazine groups is 1. The monoisotopic (exact) mass is 395 g/mol. The van der Waals surface area contributed by atoms with Gasteiger partial charge in [-0.15, -0.1) is 0 Å². The van der Waals surface area contributed by atoms with Crippen molar-refractivity contribution < 1.29 is 14.4 Å². The van der Waals surface area contributed by atoms with Gasteiger partial charge in [0, 0.05) is 12.1 Å². The van der Waals surface area contributed by atoms with Gasteiger partial charge in [0.1, 0.15) is 5.54 Å². The molecule has 0 radical (unpaired) electrons. The van der Waals surface area contributed by atoms with Gasteiger partial charge in [-0.05, 0) is 31.5 Å². The highest BCUT2D eigenvalue weighted by molar-refractivity contribution is 7.99. The highest BCUT2D eigenvalue weighted by Gasteiger charge is 2.47. The lowest BCUT2D eigenvalue weighted by atomic mass is 10.00. The summed E-state index contributed by atoms with van der Waals surface area (Å²) in [7, 11) is 1.84. The average Bonchev–Trinajstić information content (AvgIpc) is 3.02. The molecule has 4 amide bonds. The Morgan fingerprint density at radius 2 is 2.15 bits per heavy atom. The van der Waals surface area contributed by atoms with Gasteiger partial charge in [-0.3, -0.25) is 15.0 Å². The van der Waals surface area contributed by atoms with Crippen LogP contribution in [0, 0.1) is 0 Å². The van der Waals surface area contributed by atoms with Gasteiger partial charge in [0.15, 0.2) is 5.16 Å². The number of imidazole rings is 1. The first-order chi connectivity index (χ1) is 12.2. The lowest BCUT2D eigenvalue weighted by Crippen LogP contribution is -2.49. The van der Waals surface area contributed by atoms with Gasteiger partial charge >= 0.3 is 6.03 Å². The standard InChI is InChI=1S/C16H18ClN5O3S/c1-4-16(2)13(24)22(14(25)19-16)20-12(23)8-26-15-18-10-7-9(17)5-6-11(10)21(15)3/h5-7H,4,8H2,1-3H3,(H,19,25)(H,20,23)/t16-/m1/s1. The van der Waals surface area contributed by atoms with E-state index in [0.29, 0.717) is 16.6 Å². The molecule has 0 unspecified atom stereocenters. The second kappa shape index (κ2) is 6.81. The van der Waals surface area contributed by atoms with E-state index in [-0.39, 0.29) is 5.75 Å². The van der Waals surface area contributed by atoms with Crippen molar-refractivity contribution in [2.24, 2.45) is 7.05 Å². The number of aromatic nitrogens is 2. The van der Waals surface area contributed by atoms with Crippen molar-refractivity contribution in [3.63, 3.8) is 0 Å². The Morgan fingerprint density at radius 3 is 2.81 bits per heavy atom. The number of thioether (sulfide) groups is 1. The Kier molecular flexibility index (Phi) is 4.85. The molecule has 0 saturated carbocycles. The molecule has 0 aliphatic carbocycles. The van der Waals surface area contributed by atoms with Crippen molar-refractivity contribution in [2.45, 2.75) is 31.0 Å². The zero-order valence-corrected chi connectivity index (χ0v) is 16.1. The number of fused-ring (bicyclic) bond motifs is 1. The number of benzene rings is 1. The molecule has 8 nitrogen and oxygen atoms in total. The van der Waals surface area contributed by atoms with Crippen LogP contribution in [0.4, 0.5) is 4.79 Å². The quantitative estimate of drug-likeness (QED) is 0.596. The first-order valence-corrected chi connectivity index (χ1v) is 9.32. The predicted molar refractivity (Wildman–Crippen MR) is 98.7 cm³/mol. The Labute approximate surface area is 159 Å². The molecule has 1 fully saturated rings. The highest BCUT2D eigenvalue weighted by Crippen LogP contribution is 2.25. The fraction of sp³-hybridized carbons (Fsp3) is 0.375. The summed E-state index contributed by atoms with van der Waals surface area (Å²) >= 11 is 7.18. The van der Waals surface area contributed by atoms with Crippen molar-refractivity contribution >= 4 is 52.2 Å². The number of aryl methyl sites for hydroxylation is 1. The maximum Gasteiger partial charge on any atom is 0.344 e. The molecular formula is C16H18ClN5O3S. The van der Waals surface area contributed by atoms with E-state index in [4.69, 9.17) is 11.6 Å². The molecule has 1 aliphatic rings. The molecule has 0 bridgehead atoms. The zero-order valence-electron chi connectivity index (χ0n) is 14.5. The molecule has 10 heteroatoms. The zero-order chi connectivity index (χ0) is 19.1. The number of carbonyl (C=O) groups excluding carboxylic acids is 3. The highest BCUT2D eigenvalue weighted by atomic mass is 35.5. The number of carbonyl (C=O) groups is 3. The number of nitrogens with one attached hydrogen (secondary N) is 2. The molecule has 0 spiro atoms. The molecule has 2 heterocycles. The first-order valence-electron chi connectivity index (χ1n) is 7.96. The molecule has 26 heavy (non-hydrogen) atoms. The summed E-state index contributed by atoms with van der Waals surface area (Å²) in [6.07, 6.45) is 0.432. The van der Waals surface area contributed by atoms with E-state index in [2.05, 4.69) is 15.7 Å². The van der Waals surface area contributed by atoms with Crippen LogP contribution >= 0.6 is 23.4 Å². The summed E-state index contributed by atoms with van der Waals surface area (Å²) in [6, 6.07) is 4.75. The van der Waals surface area contributed by atoms with E-state index in [0.717, 1.165) is 16.0 Å². The van der Waals surface area contributed by atoms with Crippen molar-refractivity contribution in [3.8, 4) is 0 Å². The average molecular weight is 396 g/mol. The molecule has 1 atom stereocenters. The van der Waals surface area contributed by atoms with E-state index in [1.807, 2.05) is 17.7 Å².